The molecular weight excluding hydrogens is 254 g/mol. The first kappa shape index (κ1) is 14.6. The second kappa shape index (κ2) is 6.55. The molecule has 1 amide bonds. The SMILES string of the molecule is CCCC(NC(=O)C1CCCc2ccccc21)C(=O)O. The van der Waals surface area contributed by atoms with Gasteiger partial charge in [-0.3, -0.25) is 4.79 Å². The van der Waals surface area contributed by atoms with E-state index in [0.717, 1.165) is 31.2 Å². The largest absolute Gasteiger partial charge is 0.480 e. The van der Waals surface area contributed by atoms with Crippen LogP contribution in [-0.4, -0.2) is 23.0 Å². The zero-order valence-electron chi connectivity index (χ0n) is 11.8. The van der Waals surface area contributed by atoms with Crippen molar-refractivity contribution in [2.24, 2.45) is 0 Å². The van der Waals surface area contributed by atoms with Gasteiger partial charge in [0.15, 0.2) is 0 Å². The molecule has 0 aliphatic heterocycles. The average Bonchev–Trinajstić information content (AvgIpc) is 2.46. The van der Waals surface area contributed by atoms with Crippen LogP contribution in [0.2, 0.25) is 0 Å². The second-order valence-electron chi connectivity index (χ2n) is 5.33. The fourth-order valence-electron chi connectivity index (χ4n) is 2.84. The predicted molar refractivity (Wildman–Crippen MR) is 76.6 cm³/mol. The Morgan fingerprint density at radius 1 is 1.40 bits per heavy atom. The molecule has 0 saturated heterocycles. The van der Waals surface area contributed by atoms with Gasteiger partial charge in [0.25, 0.3) is 0 Å². The normalized spacial score (nSPS) is 18.9. The number of benzene rings is 1. The van der Waals surface area contributed by atoms with Crippen molar-refractivity contribution in [1.82, 2.24) is 5.32 Å². The van der Waals surface area contributed by atoms with Crippen molar-refractivity contribution in [1.29, 1.82) is 0 Å². The lowest BCUT2D eigenvalue weighted by Gasteiger charge is -2.26. The smallest absolute Gasteiger partial charge is 0.326 e. The molecule has 0 fully saturated rings. The van der Waals surface area contributed by atoms with Gasteiger partial charge in [-0.25, -0.2) is 4.79 Å². The quantitative estimate of drug-likeness (QED) is 0.867. The number of carboxylic acids is 1. The molecule has 1 aromatic carbocycles. The van der Waals surface area contributed by atoms with Crippen LogP contribution in [0.1, 0.15) is 49.7 Å². The summed E-state index contributed by atoms with van der Waals surface area (Å²) in [5, 5.41) is 11.8. The third kappa shape index (κ3) is 3.18. The zero-order chi connectivity index (χ0) is 14.5. The molecule has 1 aliphatic carbocycles. The lowest BCUT2D eigenvalue weighted by molar-refractivity contribution is -0.142. The molecular formula is C16H21NO3. The highest BCUT2D eigenvalue weighted by atomic mass is 16.4. The summed E-state index contributed by atoms with van der Waals surface area (Å²) in [7, 11) is 0. The minimum absolute atomic E-state index is 0.155. The van der Waals surface area contributed by atoms with Crippen LogP contribution in [0.3, 0.4) is 0 Å². The standard InChI is InChI=1S/C16H21NO3/c1-2-6-14(16(19)20)17-15(18)13-10-5-8-11-7-3-4-9-12(11)13/h3-4,7,9,13-14H,2,5-6,8,10H2,1H3,(H,17,18)(H,19,20). The Kier molecular flexibility index (Phi) is 4.77. The summed E-state index contributed by atoms with van der Waals surface area (Å²) in [6, 6.07) is 7.17. The van der Waals surface area contributed by atoms with Gasteiger partial charge in [0.2, 0.25) is 5.91 Å². The van der Waals surface area contributed by atoms with Crippen molar-refractivity contribution in [3.05, 3.63) is 35.4 Å². The van der Waals surface area contributed by atoms with Crippen molar-refractivity contribution < 1.29 is 14.7 Å². The lowest BCUT2D eigenvalue weighted by Crippen LogP contribution is -2.43. The third-order valence-electron chi connectivity index (χ3n) is 3.88. The monoisotopic (exact) mass is 275 g/mol. The molecule has 4 nitrogen and oxygen atoms in total. The maximum atomic E-state index is 12.4. The summed E-state index contributed by atoms with van der Waals surface area (Å²) >= 11 is 0. The second-order valence-corrected chi connectivity index (χ2v) is 5.33. The van der Waals surface area contributed by atoms with Crippen molar-refractivity contribution >= 4 is 11.9 Å². The number of hydrogen-bond acceptors (Lipinski definition) is 2. The summed E-state index contributed by atoms with van der Waals surface area (Å²) in [5.41, 5.74) is 2.26. The first-order valence-corrected chi connectivity index (χ1v) is 7.24. The number of aryl methyl sites for hydroxylation is 1. The molecule has 0 aromatic heterocycles. The van der Waals surface area contributed by atoms with Crippen molar-refractivity contribution in [3.63, 3.8) is 0 Å². The van der Waals surface area contributed by atoms with Crippen LogP contribution in [0.15, 0.2) is 24.3 Å². The number of fused-ring (bicyclic) bond motifs is 1. The number of rotatable bonds is 5. The molecule has 2 rings (SSSR count). The minimum Gasteiger partial charge on any atom is -0.480 e. The molecule has 1 aromatic rings. The van der Waals surface area contributed by atoms with Gasteiger partial charge in [-0.05, 0) is 36.8 Å². The molecule has 20 heavy (non-hydrogen) atoms. The molecule has 2 atom stereocenters. The fourth-order valence-corrected chi connectivity index (χ4v) is 2.84. The summed E-state index contributed by atoms with van der Waals surface area (Å²) in [5.74, 6) is -1.32. The number of carboxylic acid groups (broad SMARTS) is 1. The van der Waals surface area contributed by atoms with Crippen LogP contribution in [0.5, 0.6) is 0 Å². The summed E-state index contributed by atoms with van der Waals surface area (Å²) in [6.45, 7) is 1.91. The lowest BCUT2D eigenvalue weighted by atomic mass is 9.82. The van der Waals surface area contributed by atoms with E-state index in [-0.39, 0.29) is 11.8 Å². The van der Waals surface area contributed by atoms with Crippen LogP contribution in [0.25, 0.3) is 0 Å². The third-order valence-corrected chi connectivity index (χ3v) is 3.88. The molecule has 0 spiro atoms. The van der Waals surface area contributed by atoms with Gasteiger partial charge < -0.3 is 10.4 Å². The highest BCUT2D eigenvalue weighted by Crippen LogP contribution is 2.31. The van der Waals surface area contributed by atoms with E-state index in [9.17, 15) is 9.59 Å². The molecule has 1 aliphatic rings. The molecule has 2 N–H and O–H groups in total. The Bertz CT molecular complexity index is 498. The molecule has 0 radical (unpaired) electrons. The van der Waals surface area contributed by atoms with Crippen molar-refractivity contribution in [2.75, 3.05) is 0 Å². The number of aliphatic carboxylic acids is 1. The Hall–Kier alpha value is -1.84. The maximum absolute atomic E-state index is 12.4. The first-order chi connectivity index (χ1) is 9.63. The van der Waals surface area contributed by atoms with E-state index in [2.05, 4.69) is 11.4 Å². The van der Waals surface area contributed by atoms with Crippen LogP contribution < -0.4 is 5.32 Å². The summed E-state index contributed by atoms with van der Waals surface area (Å²) in [4.78, 5) is 23.5. The van der Waals surface area contributed by atoms with E-state index in [1.807, 2.05) is 25.1 Å². The molecule has 0 bridgehead atoms. The van der Waals surface area contributed by atoms with E-state index in [1.54, 1.807) is 0 Å². The molecule has 0 saturated carbocycles. The topological polar surface area (TPSA) is 66.4 Å². The van der Waals surface area contributed by atoms with Gasteiger partial charge in [-0.15, -0.1) is 0 Å². The zero-order valence-corrected chi connectivity index (χ0v) is 11.8. The van der Waals surface area contributed by atoms with Gasteiger partial charge in [0, 0.05) is 0 Å². The van der Waals surface area contributed by atoms with Crippen molar-refractivity contribution in [3.8, 4) is 0 Å². The average molecular weight is 275 g/mol. The van der Waals surface area contributed by atoms with Gasteiger partial charge >= 0.3 is 5.97 Å². The van der Waals surface area contributed by atoms with Gasteiger partial charge in [0.05, 0.1) is 5.92 Å². The van der Waals surface area contributed by atoms with E-state index < -0.39 is 12.0 Å². The van der Waals surface area contributed by atoms with Gasteiger partial charge in [0.1, 0.15) is 6.04 Å². The highest BCUT2D eigenvalue weighted by molar-refractivity contribution is 5.88. The van der Waals surface area contributed by atoms with E-state index in [4.69, 9.17) is 5.11 Å². The van der Waals surface area contributed by atoms with Crippen LogP contribution in [-0.2, 0) is 16.0 Å². The molecule has 2 unspecified atom stereocenters. The molecule has 0 heterocycles. The Morgan fingerprint density at radius 3 is 2.85 bits per heavy atom. The summed E-state index contributed by atoms with van der Waals surface area (Å²) in [6.07, 6.45) is 3.97. The highest BCUT2D eigenvalue weighted by Gasteiger charge is 2.29. The van der Waals surface area contributed by atoms with Crippen molar-refractivity contribution in [2.45, 2.75) is 51.0 Å². The summed E-state index contributed by atoms with van der Waals surface area (Å²) < 4.78 is 0. The maximum Gasteiger partial charge on any atom is 0.326 e. The van der Waals surface area contributed by atoms with Gasteiger partial charge in [-0.2, -0.15) is 0 Å². The number of hydrogen-bond donors (Lipinski definition) is 2. The van der Waals surface area contributed by atoms with E-state index in [0.29, 0.717) is 6.42 Å². The fraction of sp³-hybridized carbons (Fsp3) is 0.500. The molecule has 4 heteroatoms. The number of amides is 1. The predicted octanol–water partition coefficient (Wildman–Crippen LogP) is 2.48. The molecule has 108 valence electrons. The minimum atomic E-state index is -0.954. The Labute approximate surface area is 119 Å². The van der Waals surface area contributed by atoms with Gasteiger partial charge in [-0.1, -0.05) is 37.6 Å². The number of carbonyl (C=O) groups is 2. The van der Waals surface area contributed by atoms with Crippen LogP contribution in [0.4, 0.5) is 0 Å². The first-order valence-electron chi connectivity index (χ1n) is 7.24. The Morgan fingerprint density at radius 2 is 2.15 bits per heavy atom. The number of carbonyl (C=O) groups excluding carboxylic acids is 1. The van der Waals surface area contributed by atoms with E-state index in [1.165, 1.54) is 5.56 Å². The Balaban J connectivity index is 2.12. The van der Waals surface area contributed by atoms with Crippen LogP contribution in [0, 0.1) is 0 Å². The number of nitrogens with one attached hydrogen (secondary N) is 1. The van der Waals surface area contributed by atoms with E-state index >= 15 is 0 Å². The van der Waals surface area contributed by atoms with Crippen LogP contribution >= 0.6 is 0 Å².